The van der Waals surface area contributed by atoms with Crippen molar-refractivity contribution >= 4 is 27.7 Å². The van der Waals surface area contributed by atoms with Crippen molar-refractivity contribution in [3.63, 3.8) is 0 Å². The quantitative estimate of drug-likeness (QED) is 0.729. The largest absolute Gasteiger partial charge is 0.368 e. The molecule has 0 aliphatic rings. The number of nitrogens with two attached hydrogens (primary N) is 1. The Morgan fingerprint density at radius 2 is 1.94 bits per heavy atom. The van der Waals surface area contributed by atoms with Gasteiger partial charge in [-0.15, -0.1) is 0 Å². The van der Waals surface area contributed by atoms with Crippen LogP contribution in [0.5, 0.6) is 0 Å². The first kappa shape index (κ1) is 14.4. The molecule has 1 aromatic rings. The number of nitrogens with one attached hydrogen (secondary N) is 1. The lowest BCUT2D eigenvalue weighted by Crippen LogP contribution is -2.27. The molecule has 0 amide bonds. The number of hydrogen-bond acceptors (Lipinski definition) is 8. The van der Waals surface area contributed by atoms with Crippen molar-refractivity contribution in [3.8, 4) is 0 Å². The minimum atomic E-state index is -3.06. The molecule has 0 aliphatic heterocycles. The monoisotopic (exact) mass is 274 g/mol. The highest BCUT2D eigenvalue weighted by atomic mass is 32.2. The van der Waals surface area contributed by atoms with Gasteiger partial charge in [-0.05, 0) is 6.92 Å². The highest BCUT2D eigenvalue weighted by Gasteiger charge is 2.13. The summed E-state index contributed by atoms with van der Waals surface area (Å²) in [5, 5.41) is 2.89. The summed E-state index contributed by atoms with van der Waals surface area (Å²) in [5.41, 5.74) is 5.55. The van der Waals surface area contributed by atoms with E-state index in [-0.39, 0.29) is 23.7 Å². The molecular weight excluding hydrogens is 256 g/mol. The zero-order valence-electron chi connectivity index (χ0n) is 10.9. The van der Waals surface area contributed by atoms with Gasteiger partial charge in [0.05, 0.1) is 5.75 Å². The van der Waals surface area contributed by atoms with Crippen molar-refractivity contribution in [3.05, 3.63) is 0 Å². The lowest BCUT2D eigenvalue weighted by Gasteiger charge is -2.15. The normalized spacial score (nSPS) is 13.1. The van der Waals surface area contributed by atoms with E-state index in [0.717, 1.165) is 0 Å². The van der Waals surface area contributed by atoms with E-state index in [1.165, 1.54) is 6.26 Å². The number of aromatic nitrogens is 3. The van der Waals surface area contributed by atoms with Gasteiger partial charge in [0, 0.05) is 26.4 Å². The average molecular weight is 274 g/mol. The van der Waals surface area contributed by atoms with Crippen molar-refractivity contribution in [2.45, 2.75) is 13.0 Å². The molecule has 1 heterocycles. The second-order valence-electron chi connectivity index (χ2n) is 4.35. The van der Waals surface area contributed by atoms with Crippen molar-refractivity contribution in [1.82, 2.24) is 15.0 Å². The van der Waals surface area contributed by atoms with Crippen LogP contribution in [0.1, 0.15) is 6.92 Å². The number of sulfone groups is 1. The SMILES string of the molecule is CC(CS(C)(=O)=O)Nc1nc(N)nc(N(C)C)n1. The summed E-state index contributed by atoms with van der Waals surface area (Å²) in [6.07, 6.45) is 1.18. The smallest absolute Gasteiger partial charge is 0.231 e. The van der Waals surface area contributed by atoms with E-state index in [4.69, 9.17) is 5.73 Å². The summed E-state index contributed by atoms with van der Waals surface area (Å²) < 4.78 is 22.3. The molecule has 18 heavy (non-hydrogen) atoms. The fourth-order valence-electron chi connectivity index (χ4n) is 1.36. The molecule has 0 saturated carbocycles. The van der Waals surface area contributed by atoms with Crippen LogP contribution in [0.15, 0.2) is 0 Å². The van der Waals surface area contributed by atoms with Crippen LogP contribution < -0.4 is 16.0 Å². The molecular formula is C9H18N6O2S. The van der Waals surface area contributed by atoms with Crippen LogP contribution in [0.4, 0.5) is 17.8 Å². The molecule has 0 radical (unpaired) electrons. The summed E-state index contributed by atoms with van der Waals surface area (Å²) >= 11 is 0. The summed E-state index contributed by atoms with van der Waals surface area (Å²) in [4.78, 5) is 13.7. The Labute approximate surface area is 107 Å². The minimum absolute atomic E-state index is 0.00408. The van der Waals surface area contributed by atoms with Gasteiger partial charge in [-0.25, -0.2) is 8.42 Å². The van der Waals surface area contributed by atoms with Gasteiger partial charge in [0.2, 0.25) is 17.8 Å². The number of anilines is 3. The third-order valence-corrected chi connectivity index (χ3v) is 3.07. The van der Waals surface area contributed by atoms with Gasteiger partial charge in [-0.2, -0.15) is 15.0 Å². The highest BCUT2D eigenvalue weighted by Crippen LogP contribution is 2.10. The maximum Gasteiger partial charge on any atom is 0.231 e. The summed E-state index contributed by atoms with van der Waals surface area (Å²) in [5.74, 6) is 0.761. The summed E-state index contributed by atoms with van der Waals surface area (Å²) in [6, 6.07) is -0.309. The van der Waals surface area contributed by atoms with Gasteiger partial charge in [0.15, 0.2) is 0 Å². The molecule has 102 valence electrons. The Hall–Kier alpha value is -1.64. The highest BCUT2D eigenvalue weighted by molar-refractivity contribution is 7.90. The van der Waals surface area contributed by atoms with E-state index in [1.807, 2.05) is 0 Å². The first-order valence-electron chi connectivity index (χ1n) is 5.30. The zero-order chi connectivity index (χ0) is 13.9. The zero-order valence-corrected chi connectivity index (χ0v) is 11.7. The molecule has 1 rings (SSSR count). The standard InChI is InChI=1S/C9H18N6O2S/c1-6(5-18(4,16)17)11-8-12-7(10)13-9(14-8)15(2)3/h6H,5H2,1-4H3,(H3,10,11,12,13,14). The number of nitrogen functional groups attached to an aromatic ring is 1. The van der Waals surface area contributed by atoms with Gasteiger partial charge in [0.1, 0.15) is 9.84 Å². The first-order valence-corrected chi connectivity index (χ1v) is 7.36. The van der Waals surface area contributed by atoms with Crippen LogP contribution in [0, 0.1) is 0 Å². The minimum Gasteiger partial charge on any atom is -0.368 e. The van der Waals surface area contributed by atoms with Crippen LogP contribution in [-0.2, 0) is 9.84 Å². The Balaban J connectivity index is 2.84. The molecule has 1 aromatic heterocycles. The summed E-state index contributed by atoms with van der Waals surface area (Å²) in [7, 11) is 0.497. The van der Waals surface area contributed by atoms with Gasteiger partial charge >= 0.3 is 0 Å². The predicted octanol–water partition coefficient (Wildman–Crippen LogP) is -0.635. The number of hydrogen-bond donors (Lipinski definition) is 2. The fourth-order valence-corrected chi connectivity index (χ4v) is 2.35. The van der Waals surface area contributed by atoms with E-state index in [0.29, 0.717) is 5.95 Å². The lowest BCUT2D eigenvalue weighted by atomic mass is 10.4. The van der Waals surface area contributed by atoms with E-state index in [1.54, 1.807) is 25.9 Å². The lowest BCUT2D eigenvalue weighted by molar-refractivity contribution is 0.597. The van der Waals surface area contributed by atoms with Crippen molar-refractivity contribution in [2.24, 2.45) is 0 Å². The molecule has 0 aliphatic carbocycles. The van der Waals surface area contributed by atoms with Gasteiger partial charge in [-0.1, -0.05) is 0 Å². The molecule has 8 nitrogen and oxygen atoms in total. The Kier molecular flexibility index (Phi) is 4.28. The van der Waals surface area contributed by atoms with Gasteiger partial charge in [0.25, 0.3) is 0 Å². The van der Waals surface area contributed by atoms with E-state index >= 15 is 0 Å². The van der Waals surface area contributed by atoms with E-state index in [2.05, 4.69) is 20.3 Å². The molecule has 3 N–H and O–H groups in total. The molecule has 0 spiro atoms. The number of nitrogens with zero attached hydrogens (tertiary/aromatic N) is 4. The Bertz CT molecular complexity index is 516. The van der Waals surface area contributed by atoms with E-state index < -0.39 is 9.84 Å². The second kappa shape index (κ2) is 5.34. The fraction of sp³-hybridized carbons (Fsp3) is 0.667. The van der Waals surface area contributed by atoms with E-state index in [9.17, 15) is 8.42 Å². The van der Waals surface area contributed by atoms with Gasteiger partial charge < -0.3 is 16.0 Å². The molecule has 0 bridgehead atoms. The average Bonchev–Trinajstić information content (AvgIpc) is 2.12. The molecule has 1 atom stereocenters. The Morgan fingerprint density at radius 1 is 1.33 bits per heavy atom. The molecule has 0 saturated heterocycles. The number of rotatable bonds is 5. The molecule has 1 unspecified atom stereocenters. The van der Waals surface area contributed by atoms with Crippen molar-refractivity contribution in [1.29, 1.82) is 0 Å². The summed E-state index contributed by atoms with van der Waals surface area (Å²) in [6.45, 7) is 1.73. The van der Waals surface area contributed by atoms with Crippen LogP contribution in [-0.4, -0.2) is 55.5 Å². The van der Waals surface area contributed by atoms with Crippen LogP contribution in [0.2, 0.25) is 0 Å². The van der Waals surface area contributed by atoms with Crippen molar-refractivity contribution < 1.29 is 8.42 Å². The third kappa shape index (κ3) is 4.70. The van der Waals surface area contributed by atoms with Gasteiger partial charge in [-0.3, -0.25) is 0 Å². The van der Waals surface area contributed by atoms with Crippen LogP contribution in [0.3, 0.4) is 0 Å². The second-order valence-corrected chi connectivity index (χ2v) is 6.53. The predicted molar refractivity (Wildman–Crippen MR) is 71.4 cm³/mol. The third-order valence-electron chi connectivity index (χ3n) is 1.97. The van der Waals surface area contributed by atoms with Crippen LogP contribution in [0.25, 0.3) is 0 Å². The maximum absolute atomic E-state index is 11.1. The topological polar surface area (TPSA) is 114 Å². The molecule has 0 fully saturated rings. The Morgan fingerprint density at radius 3 is 2.44 bits per heavy atom. The molecule has 9 heteroatoms. The molecule has 0 aromatic carbocycles. The van der Waals surface area contributed by atoms with Crippen LogP contribution >= 0.6 is 0 Å². The first-order chi connectivity index (χ1) is 8.17. The maximum atomic E-state index is 11.1. The van der Waals surface area contributed by atoms with Crippen molar-refractivity contribution in [2.75, 3.05) is 42.1 Å².